The number of carbonyl (C=O) groups is 1. The number of amides is 1. The molecule has 1 aliphatic carbocycles. The smallest absolute Gasteiger partial charge is 0.251 e. The van der Waals surface area contributed by atoms with Gasteiger partial charge in [-0.25, -0.2) is 13.1 Å². The van der Waals surface area contributed by atoms with Crippen molar-refractivity contribution < 1.29 is 13.2 Å². The molecule has 6 heteroatoms. The van der Waals surface area contributed by atoms with E-state index in [2.05, 4.69) is 17.0 Å². The monoisotopic (exact) mass is 338 g/mol. The molecule has 1 fully saturated rings. The molecular weight excluding hydrogens is 312 g/mol. The maximum absolute atomic E-state index is 12.1. The van der Waals surface area contributed by atoms with E-state index in [1.54, 1.807) is 12.1 Å². The number of unbranched alkanes of at least 4 members (excludes halogenated alkanes) is 2. The average molecular weight is 338 g/mol. The van der Waals surface area contributed by atoms with E-state index >= 15 is 0 Å². The van der Waals surface area contributed by atoms with Crippen molar-refractivity contribution in [2.24, 2.45) is 0 Å². The quantitative estimate of drug-likeness (QED) is 0.716. The Hall–Kier alpha value is -1.40. The van der Waals surface area contributed by atoms with Gasteiger partial charge < -0.3 is 5.32 Å². The summed E-state index contributed by atoms with van der Waals surface area (Å²) in [6.45, 7) is 2.52. The maximum atomic E-state index is 12.1. The molecular formula is C17H26N2O3S. The lowest BCUT2D eigenvalue weighted by Crippen LogP contribution is -2.32. The Morgan fingerprint density at radius 3 is 2.39 bits per heavy atom. The summed E-state index contributed by atoms with van der Waals surface area (Å²) >= 11 is 0. The summed E-state index contributed by atoms with van der Waals surface area (Å²) in [5.41, 5.74) is 0.502. The minimum atomic E-state index is -3.49. The molecule has 0 atom stereocenters. The molecule has 1 saturated carbocycles. The minimum Gasteiger partial charge on any atom is -0.349 e. The van der Waals surface area contributed by atoms with Gasteiger partial charge in [-0.2, -0.15) is 0 Å². The fourth-order valence-corrected chi connectivity index (χ4v) is 3.86. The van der Waals surface area contributed by atoms with Gasteiger partial charge in [0, 0.05) is 18.2 Å². The van der Waals surface area contributed by atoms with Crippen molar-refractivity contribution in [1.29, 1.82) is 0 Å². The standard InChI is InChI=1S/C17H26N2O3S/c1-2-3-6-13-18-23(21,22)16-11-9-14(10-12-16)17(20)19-15-7-4-5-8-15/h9-12,15,18H,2-8,13H2,1H3,(H,19,20). The third kappa shape index (κ3) is 5.32. The molecule has 128 valence electrons. The van der Waals surface area contributed by atoms with Gasteiger partial charge in [-0.3, -0.25) is 4.79 Å². The molecule has 5 nitrogen and oxygen atoms in total. The Balaban J connectivity index is 1.93. The first-order valence-electron chi connectivity index (χ1n) is 8.43. The van der Waals surface area contributed by atoms with Gasteiger partial charge in [-0.1, -0.05) is 32.6 Å². The van der Waals surface area contributed by atoms with Gasteiger partial charge in [0.2, 0.25) is 10.0 Å². The lowest BCUT2D eigenvalue weighted by atomic mass is 10.2. The molecule has 0 radical (unpaired) electrons. The minimum absolute atomic E-state index is 0.128. The van der Waals surface area contributed by atoms with Gasteiger partial charge >= 0.3 is 0 Å². The summed E-state index contributed by atoms with van der Waals surface area (Å²) in [5, 5.41) is 3.00. The van der Waals surface area contributed by atoms with E-state index in [-0.39, 0.29) is 16.8 Å². The fourth-order valence-electron chi connectivity index (χ4n) is 2.79. The van der Waals surface area contributed by atoms with Gasteiger partial charge in [0.05, 0.1) is 4.90 Å². The lowest BCUT2D eigenvalue weighted by Gasteiger charge is -2.12. The number of benzene rings is 1. The molecule has 0 unspecified atom stereocenters. The number of rotatable bonds is 8. The molecule has 1 aromatic carbocycles. The van der Waals surface area contributed by atoms with Crippen LogP contribution in [0.15, 0.2) is 29.2 Å². The van der Waals surface area contributed by atoms with E-state index in [9.17, 15) is 13.2 Å². The normalized spacial score (nSPS) is 15.7. The Labute approximate surface area is 138 Å². The molecule has 2 rings (SSSR count). The Morgan fingerprint density at radius 1 is 1.13 bits per heavy atom. The summed E-state index contributed by atoms with van der Waals surface area (Å²) in [4.78, 5) is 12.3. The highest BCUT2D eigenvalue weighted by molar-refractivity contribution is 7.89. The predicted molar refractivity (Wildman–Crippen MR) is 90.9 cm³/mol. The van der Waals surface area contributed by atoms with E-state index in [0.717, 1.165) is 44.9 Å². The molecule has 2 N–H and O–H groups in total. The highest BCUT2D eigenvalue weighted by Crippen LogP contribution is 2.18. The van der Waals surface area contributed by atoms with Gasteiger partial charge in [0.25, 0.3) is 5.91 Å². The van der Waals surface area contributed by atoms with Gasteiger partial charge in [-0.15, -0.1) is 0 Å². The van der Waals surface area contributed by atoms with Crippen LogP contribution in [0.5, 0.6) is 0 Å². The number of hydrogen-bond donors (Lipinski definition) is 2. The number of nitrogens with one attached hydrogen (secondary N) is 2. The van der Waals surface area contributed by atoms with E-state index in [0.29, 0.717) is 12.1 Å². The predicted octanol–water partition coefficient (Wildman–Crippen LogP) is 2.83. The van der Waals surface area contributed by atoms with E-state index in [1.165, 1.54) is 12.1 Å². The van der Waals surface area contributed by atoms with Crippen molar-refractivity contribution >= 4 is 15.9 Å². The van der Waals surface area contributed by atoms with Crippen LogP contribution in [0.25, 0.3) is 0 Å². The Morgan fingerprint density at radius 2 is 1.78 bits per heavy atom. The summed E-state index contributed by atoms with van der Waals surface area (Å²) < 4.78 is 26.9. The SMILES string of the molecule is CCCCCNS(=O)(=O)c1ccc(C(=O)NC2CCCC2)cc1. The summed E-state index contributed by atoms with van der Waals surface area (Å²) in [6.07, 6.45) is 7.25. The molecule has 0 saturated heterocycles. The fraction of sp³-hybridized carbons (Fsp3) is 0.588. The first-order valence-corrected chi connectivity index (χ1v) is 9.92. The zero-order valence-electron chi connectivity index (χ0n) is 13.7. The molecule has 0 bridgehead atoms. The van der Waals surface area contributed by atoms with Crippen LogP contribution in [0.2, 0.25) is 0 Å². The van der Waals surface area contributed by atoms with Crippen molar-refractivity contribution in [2.45, 2.75) is 62.8 Å². The topological polar surface area (TPSA) is 75.3 Å². The van der Waals surface area contributed by atoms with Gasteiger partial charge in [0.15, 0.2) is 0 Å². The van der Waals surface area contributed by atoms with Crippen LogP contribution in [0.1, 0.15) is 62.2 Å². The van der Waals surface area contributed by atoms with E-state index < -0.39 is 10.0 Å². The number of carbonyl (C=O) groups excluding carboxylic acids is 1. The molecule has 0 heterocycles. The van der Waals surface area contributed by atoms with Gasteiger partial charge in [-0.05, 0) is 43.5 Å². The summed E-state index contributed by atoms with van der Waals surface area (Å²) in [6, 6.07) is 6.39. The second-order valence-electron chi connectivity index (χ2n) is 6.08. The van der Waals surface area contributed by atoms with Crippen molar-refractivity contribution in [1.82, 2.24) is 10.0 Å². The average Bonchev–Trinajstić information content (AvgIpc) is 3.05. The first kappa shape index (κ1) is 17.9. The van der Waals surface area contributed by atoms with Crippen LogP contribution >= 0.6 is 0 Å². The third-order valence-electron chi connectivity index (χ3n) is 4.19. The van der Waals surface area contributed by atoms with Crippen LogP contribution in [-0.2, 0) is 10.0 Å². The van der Waals surface area contributed by atoms with Crippen LogP contribution in [-0.4, -0.2) is 26.9 Å². The van der Waals surface area contributed by atoms with Crippen molar-refractivity contribution in [3.63, 3.8) is 0 Å². The van der Waals surface area contributed by atoms with E-state index in [4.69, 9.17) is 0 Å². The largest absolute Gasteiger partial charge is 0.349 e. The second kappa shape index (κ2) is 8.45. The lowest BCUT2D eigenvalue weighted by molar-refractivity contribution is 0.0938. The molecule has 1 aromatic rings. The third-order valence-corrected chi connectivity index (χ3v) is 5.67. The number of sulfonamides is 1. The highest BCUT2D eigenvalue weighted by atomic mass is 32.2. The van der Waals surface area contributed by atoms with Crippen molar-refractivity contribution in [3.8, 4) is 0 Å². The van der Waals surface area contributed by atoms with Crippen molar-refractivity contribution in [2.75, 3.05) is 6.54 Å². The molecule has 0 aliphatic heterocycles. The van der Waals surface area contributed by atoms with E-state index in [1.807, 2.05) is 0 Å². The first-order chi connectivity index (χ1) is 11.0. The summed E-state index contributed by atoms with van der Waals surface area (Å²) in [7, 11) is -3.49. The Kier molecular flexibility index (Phi) is 6.59. The van der Waals surface area contributed by atoms with Crippen molar-refractivity contribution in [3.05, 3.63) is 29.8 Å². The maximum Gasteiger partial charge on any atom is 0.251 e. The Bertz CT molecular complexity index is 605. The molecule has 0 spiro atoms. The molecule has 1 amide bonds. The zero-order valence-corrected chi connectivity index (χ0v) is 14.5. The van der Waals surface area contributed by atoms with Crippen LogP contribution in [0.3, 0.4) is 0 Å². The van der Waals surface area contributed by atoms with Crippen LogP contribution < -0.4 is 10.0 Å². The van der Waals surface area contributed by atoms with Crippen LogP contribution in [0, 0.1) is 0 Å². The summed E-state index contributed by atoms with van der Waals surface area (Å²) in [5.74, 6) is -0.128. The van der Waals surface area contributed by atoms with Crippen LogP contribution in [0.4, 0.5) is 0 Å². The zero-order chi connectivity index (χ0) is 16.7. The second-order valence-corrected chi connectivity index (χ2v) is 7.85. The molecule has 0 aromatic heterocycles. The van der Waals surface area contributed by atoms with Gasteiger partial charge in [0.1, 0.15) is 0 Å². The molecule has 23 heavy (non-hydrogen) atoms. The molecule has 1 aliphatic rings. The highest BCUT2D eigenvalue weighted by Gasteiger charge is 2.19. The number of hydrogen-bond acceptors (Lipinski definition) is 3.